The highest BCUT2D eigenvalue weighted by Crippen LogP contribution is 2.19. The number of rotatable bonds is 15. The molecule has 0 aromatic rings. The summed E-state index contributed by atoms with van der Waals surface area (Å²) in [6.07, 6.45) is 12.4. The fourth-order valence-electron chi connectivity index (χ4n) is 2.76. The van der Waals surface area contributed by atoms with Crippen LogP contribution in [0.2, 0.25) is 0 Å². The molecule has 0 aliphatic carbocycles. The molecule has 0 amide bonds. The van der Waals surface area contributed by atoms with Crippen molar-refractivity contribution in [1.29, 1.82) is 0 Å². The molecule has 2 atom stereocenters. The molecule has 22 heavy (non-hydrogen) atoms. The van der Waals surface area contributed by atoms with E-state index >= 15 is 0 Å². The van der Waals surface area contributed by atoms with Gasteiger partial charge in [-0.2, -0.15) is 8.42 Å². The summed E-state index contributed by atoms with van der Waals surface area (Å²) >= 11 is 0. The summed E-state index contributed by atoms with van der Waals surface area (Å²) in [6, 6.07) is 0. The molecule has 0 aromatic carbocycles. The van der Waals surface area contributed by atoms with Crippen LogP contribution < -0.4 is 0 Å². The molecule has 0 saturated heterocycles. The van der Waals surface area contributed by atoms with E-state index in [-0.39, 0.29) is 6.10 Å². The van der Waals surface area contributed by atoms with E-state index in [0.29, 0.717) is 19.3 Å². The van der Waals surface area contributed by atoms with Gasteiger partial charge in [-0.25, -0.2) is 0 Å². The van der Waals surface area contributed by atoms with Crippen molar-refractivity contribution in [2.24, 2.45) is 0 Å². The van der Waals surface area contributed by atoms with Crippen molar-refractivity contribution in [2.45, 2.75) is 109 Å². The predicted octanol–water partition coefficient (Wildman–Crippen LogP) is 4.71. The van der Waals surface area contributed by atoms with Crippen LogP contribution in [0.4, 0.5) is 0 Å². The van der Waals surface area contributed by atoms with Crippen molar-refractivity contribution in [1.82, 2.24) is 0 Å². The van der Waals surface area contributed by atoms with Crippen LogP contribution in [-0.4, -0.2) is 29.4 Å². The van der Waals surface area contributed by atoms with E-state index in [2.05, 4.69) is 6.92 Å². The minimum Gasteiger partial charge on any atom is -0.393 e. The smallest absolute Gasteiger partial charge is 0.267 e. The number of aliphatic hydroxyl groups is 1. The van der Waals surface area contributed by atoms with Crippen LogP contribution in [0, 0.1) is 0 Å². The summed E-state index contributed by atoms with van der Waals surface area (Å²) < 4.78 is 32.1. The summed E-state index contributed by atoms with van der Waals surface area (Å²) in [4.78, 5) is 0. The van der Waals surface area contributed by atoms with Crippen LogP contribution in [0.25, 0.3) is 0 Å². The molecule has 0 bridgehead atoms. The van der Waals surface area contributed by atoms with Gasteiger partial charge in [0.2, 0.25) is 0 Å². The first-order valence-corrected chi connectivity index (χ1v) is 10.5. The summed E-state index contributed by atoms with van der Waals surface area (Å²) in [5.74, 6) is 0. The van der Waals surface area contributed by atoms with Crippen LogP contribution >= 0.6 is 0 Å². The largest absolute Gasteiger partial charge is 0.393 e. The third kappa shape index (κ3) is 13.5. The monoisotopic (exact) mass is 336 g/mol. The Morgan fingerprint density at radius 2 is 1.18 bits per heavy atom. The normalized spacial score (nSPS) is 14.9. The zero-order chi connectivity index (χ0) is 16.8. The molecule has 4 nitrogen and oxygen atoms in total. The Kier molecular flexibility index (Phi) is 13.2. The van der Waals surface area contributed by atoms with Crippen molar-refractivity contribution in [2.75, 3.05) is 0 Å². The molecule has 0 rings (SSSR count). The average Bonchev–Trinajstić information content (AvgIpc) is 2.42. The topological polar surface area (TPSA) is 74.6 Å². The van der Waals surface area contributed by atoms with E-state index in [9.17, 15) is 18.1 Å². The van der Waals surface area contributed by atoms with E-state index < -0.39 is 15.4 Å². The SMILES string of the molecule is CCCCCCCCCCC(CCCCC(C)O)S(=O)(=O)O. The lowest BCUT2D eigenvalue weighted by molar-refractivity contribution is 0.180. The first-order valence-electron chi connectivity index (χ1n) is 9.02. The van der Waals surface area contributed by atoms with Gasteiger partial charge in [0.1, 0.15) is 0 Å². The number of hydrogen-bond donors (Lipinski definition) is 2. The van der Waals surface area contributed by atoms with Crippen LogP contribution in [-0.2, 0) is 10.1 Å². The van der Waals surface area contributed by atoms with Gasteiger partial charge in [0.05, 0.1) is 11.4 Å². The van der Waals surface area contributed by atoms with Crippen molar-refractivity contribution >= 4 is 10.1 Å². The molecule has 2 unspecified atom stereocenters. The maximum absolute atomic E-state index is 11.4. The van der Waals surface area contributed by atoms with Crippen molar-refractivity contribution in [3.05, 3.63) is 0 Å². The van der Waals surface area contributed by atoms with Gasteiger partial charge in [-0.05, 0) is 26.2 Å². The molecule has 5 heteroatoms. The van der Waals surface area contributed by atoms with E-state index in [1.54, 1.807) is 6.92 Å². The van der Waals surface area contributed by atoms with Crippen molar-refractivity contribution in [3.63, 3.8) is 0 Å². The standard InChI is InChI=1S/C17H36O4S/c1-3-4-5-6-7-8-9-10-14-17(22(19,20)21)15-12-11-13-16(2)18/h16-18H,3-15H2,1-2H3,(H,19,20,21). The van der Waals surface area contributed by atoms with Crippen LogP contribution in [0.1, 0.15) is 97.3 Å². The summed E-state index contributed by atoms with van der Waals surface area (Å²) in [6.45, 7) is 3.94. The van der Waals surface area contributed by atoms with Crippen molar-refractivity contribution < 1.29 is 18.1 Å². The first-order chi connectivity index (χ1) is 10.4. The van der Waals surface area contributed by atoms with Gasteiger partial charge >= 0.3 is 0 Å². The third-order valence-corrected chi connectivity index (χ3v) is 5.51. The Morgan fingerprint density at radius 1 is 0.773 bits per heavy atom. The Bertz CT molecular complexity index is 339. The van der Waals surface area contributed by atoms with Gasteiger partial charge in [0.25, 0.3) is 10.1 Å². The molecular formula is C17H36O4S. The quantitative estimate of drug-likeness (QED) is 0.335. The molecule has 0 aliphatic heterocycles. The molecular weight excluding hydrogens is 300 g/mol. The Morgan fingerprint density at radius 3 is 1.64 bits per heavy atom. The molecule has 0 aromatic heterocycles. The summed E-state index contributed by atoms with van der Waals surface area (Å²) in [7, 11) is -3.93. The molecule has 0 radical (unpaired) electrons. The Labute approximate surface area is 137 Å². The minimum absolute atomic E-state index is 0.336. The molecule has 0 saturated carbocycles. The van der Waals surface area contributed by atoms with Gasteiger partial charge in [-0.1, -0.05) is 71.1 Å². The lowest BCUT2D eigenvalue weighted by atomic mass is 10.0. The Hall–Kier alpha value is -0.130. The predicted molar refractivity (Wildman–Crippen MR) is 92.7 cm³/mol. The summed E-state index contributed by atoms with van der Waals surface area (Å²) in [5, 5.41) is 8.56. The lowest BCUT2D eigenvalue weighted by Crippen LogP contribution is -2.20. The molecule has 2 N–H and O–H groups in total. The first kappa shape index (κ1) is 21.9. The lowest BCUT2D eigenvalue weighted by Gasteiger charge is -2.14. The number of hydrogen-bond acceptors (Lipinski definition) is 3. The van der Waals surface area contributed by atoms with Gasteiger partial charge in [-0.15, -0.1) is 0 Å². The fraction of sp³-hybridized carbons (Fsp3) is 1.00. The molecule has 0 spiro atoms. The van der Waals surface area contributed by atoms with Crippen LogP contribution in [0.5, 0.6) is 0 Å². The maximum atomic E-state index is 11.4. The molecule has 134 valence electrons. The number of unbranched alkanes of at least 4 members (excludes halogenated alkanes) is 8. The number of aliphatic hydroxyl groups excluding tert-OH is 1. The van der Waals surface area contributed by atoms with E-state index in [1.165, 1.54) is 32.1 Å². The van der Waals surface area contributed by atoms with Crippen LogP contribution in [0.3, 0.4) is 0 Å². The molecule has 0 aliphatic rings. The van der Waals surface area contributed by atoms with Crippen molar-refractivity contribution in [3.8, 4) is 0 Å². The minimum atomic E-state index is -3.93. The van der Waals surface area contributed by atoms with E-state index in [0.717, 1.165) is 32.1 Å². The highest BCUT2D eigenvalue weighted by molar-refractivity contribution is 7.86. The fourth-order valence-corrected chi connectivity index (χ4v) is 3.69. The highest BCUT2D eigenvalue weighted by Gasteiger charge is 2.21. The second-order valence-electron chi connectivity index (χ2n) is 6.53. The zero-order valence-electron chi connectivity index (χ0n) is 14.5. The second-order valence-corrected chi connectivity index (χ2v) is 8.23. The molecule has 0 fully saturated rings. The van der Waals surface area contributed by atoms with E-state index in [1.807, 2.05) is 0 Å². The second kappa shape index (κ2) is 13.3. The van der Waals surface area contributed by atoms with Crippen LogP contribution in [0.15, 0.2) is 0 Å². The van der Waals surface area contributed by atoms with Gasteiger partial charge in [0, 0.05) is 0 Å². The van der Waals surface area contributed by atoms with Gasteiger partial charge in [0.15, 0.2) is 0 Å². The third-order valence-electron chi connectivity index (χ3n) is 4.20. The van der Waals surface area contributed by atoms with Gasteiger partial charge < -0.3 is 5.11 Å². The average molecular weight is 337 g/mol. The zero-order valence-corrected chi connectivity index (χ0v) is 15.3. The van der Waals surface area contributed by atoms with Gasteiger partial charge in [-0.3, -0.25) is 4.55 Å². The molecule has 0 heterocycles. The Balaban J connectivity index is 3.78. The summed E-state index contributed by atoms with van der Waals surface area (Å²) in [5.41, 5.74) is 0. The van der Waals surface area contributed by atoms with E-state index in [4.69, 9.17) is 0 Å². The maximum Gasteiger partial charge on any atom is 0.267 e. The highest BCUT2D eigenvalue weighted by atomic mass is 32.2.